The number of piperidine rings is 1. The van der Waals surface area contributed by atoms with Crippen molar-refractivity contribution in [3.05, 3.63) is 35.9 Å². The Labute approximate surface area is 115 Å². The lowest BCUT2D eigenvalue weighted by Crippen LogP contribution is -2.43. The Morgan fingerprint density at radius 1 is 1.26 bits per heavy atom. The Hall–Kier alpha value is -1.35. The highest BCUT2D eigenvalue weighted by Crippen LogP contribution is 2.44. The smallest absolute Gasteiger partial charge is 0.226 e. The number of amides is 1. The van der Waals surface area contributed by atoms with Crippen LogP contribution < -0.4 is 5.32 Å². The second kappa shape index (κ2) is 4.97. The average Bonchev–Trinajstić information content (AvgIpc) is 2.78. The van der Waals surface area contributed by atoms with Gasteiger partial charge in [0.25, 0.3) is 0 Å². The fourth-order valence-corrected chi connectivity index (χ4v) is 3.46. The summed E-state index contributed by atoms with van der Waals surface area (Å²) < 4.78 is 0. The van der Waals surface area contributed by atoms with E-state index in [2.05, 4.69) is 29.3 Å². The van der Waals surface area contributed by atoms with Crippen molar-refractivity contribution in [2.24, 2.45) is 5.41 Å². The van der Waals surface area contributed by atoms with Gasteiger partial charge in [0.2, 0.25) is 5.91 Å². The molecule has 2 aliphatic rings. The van der Waals surface area contributed by atoms with Crippen LogP contribution in [0.5, 0.6) is 0 Å². The van der Waals surface area contributed by atoms with E-state index < -0.39 is 0 Å². The van der Waals surface area contributed by atoms with E-state index in [9.17, 15) is 4.79 Å². The molecule has 3 rings (SSSR count). The molecule has 1 N–H and O–H groups in total. The molecule has 2 fully saturated rings. The average molecular weight is 258 g/mol. The van der Waals surface area contributed by atoms with Crippen molar-refractivity contribution < 1.29 is 4.79 Å². The summed E-state index contributed by atoms with van der Waals surface area (Å²) in [6, 6.07) is 10.6. The lowest BCUT2D eigenvalue weighted by Gasteiger charge is -2.36. The summed E-state index contributed by atoms with van der Waals surface area (Å²) in [6.45, 7) is 5.41. The number of hydrogen-bond acceptors (Lipinski definition) is 2. The van der Waals surface area contributed by atoms with Crippen molar-refractivity contribution in [2.75, 3.05) is 19.6 Å². The van der Waals surface area contributed by atoms with Crippen molar-refractivity contribution in [1.82, 2.24) is 10.2 Å². The summed E-state index contributed by atoms with van der Waals surface area (Å²) in [5.41, 5.74) is 1.14. The zero-order valence-corrected chi connectivity index (χ0v) is 11.6. The summed E-state index contributed by atoms with van der Waals surface area (Å²) in [6.07, 6.45) is 2.99. The first kappa shape index (κ1) is 12.7. The molecule has 102 valence electrons. The van der Waals surface area contributed by atoms with E-state index in [4.69, 9.17) is 0 Å². The van der Waals surface area contributed by atoms with Gasteiger partial charge in [0.1, 0.15) is 0 Å². The first-order valence-electron chi connectivity index (χ1n) is 7.32. The highest BCUT2D eigenvalue weighted by Gasteiger charge is 2.48. The molecule has 2 heterocycles. The number of likely N-dealkylation sites (tertiary alicyclic amines) is 1. The van der Waals surface area contributed by atoms with Gasteiger partial charge in [-0.2, -0.15) is 0 Å². The molecule has 0 bridgehead atoms. The predicted octanol–water partition coefficient (Wildman–Crippen LogP) is 2.35. The van der Waals surface area contributed by atoms with Gasteiger partial charge in [-0.25, -0.2) is 0 Å². The summed E-state index contributed by atoms with van der Waals surface area (Å²) >= 11 is 0. The monoisotopic (exact) mass is 258 g/mol. The third-order valence-electron chi connectivity index (χ3n) is 4.84. The van der Waals surface area contributed by atoms with Gasteiger partial charge >= 0.3 is 0 Å². The lowest BCUT2D eigenvalue weighted by molar-refractivity contribution is -0.130. The Balaban J connectivity index is 1.74. The molecule has 2 saturated heterocycles. The lowest BCUT2D eigenvalue weighted by atomic mass is 9.75. The van der Waals surface area contributed by atoms with Crippen LogP contribution >= 0.6 is 0 Å². The molecule has 19 heavy (non-hydrogen) atoms. The SMILES string of the molecule is CCN1CCC2(CC1)CC(c1ccccc1)NC2=O. The maximum Gasteiger partial charge on any atom is 0.226 e. The zero-order valence-electron chi connectivity index (χ0n) is 11.6. The van der Waals surface area contributed by atoms with Crippen molar-refractivity contribution in [3.63, 3.8) is 0 Å². The van der Waals surface area contributed by atoms with E-state index in [1.807, 2.05) is 18.2 Å². The van der Waals surface area contributed by atoms with Crippen LogP contribution in [0.3, 0.4) is 0 Å². The van der Waals surface area contributed by atoms with Gasteiger partial charge in [0.15, 0.2) is 0 Å². The molecule has 3 nitrogen and oxygen atoms in total. The molecule has 1 unspecified atom stereocenters. The Morgan fingerprint density at radius 3 is 2.58 bits per heavy atom. The molecular formula is C16H22N2O. The van der Waals surface area contributed by atoms with Crippen molar-refractivity contribution in [3.8, 4) is 0 Å². The van der Waals surface area contributed by atoms with E-state index in [0.717, 1.165) is 38.9 Å². The van der Waals surface area contributed by atoms with Gasteiger partial charge in [-0.1, -0.05) is 37.3 Å². The van der Waals surface area contributed by atoms with Gasteiger partial charge in [0.05, 0.1) is 11.5 Å². The van der Waals surface area contributed by atoms with E-state index in [-0.39, 0.29) is 17.4 Å². The van der Waals surface area contributed by atoms with Crippen molar-refractivity contribution in [2.45, 2.75) is 32.2 Å². The third-order valence-corrected chi connectivity index (χ3v) is 4.84. The van der Waals surface area contributed by atoms with E-state index >= 15 is 0 Å². The molecule has 0 radical (unpaired) electrons. The molecule has 1 amide bonds. The maximum absolute atomic E-state index is 12.4. The van der Waals surface area contributed by atoms with Crippen LogP contribution in [0.4, 0.5) is 0 Å². The number of nitrogens with one attached hydrogen (secondary N) is 1. The van der Waals surface area contributed by atoms with Crippen LogP contribution in [-0.2, 0) is 4.79 Å². The van der Waals surface area contributed by atoms with Gasteiger partial charge < -0.3 is 10.2 Å². The summed E-state index contributed by atoms with van der Waals surface area (Å²) in [4.78, 5) is 14.8. The number of carbonyl (C=O) groups is 1. The second-order valence-electron chi connectivity index (χ2n) is 5.86. The van der Waals surface area contributed by atoms with Crippen molar-refractivity contribution >= 4 is 5.91 Å². The molecular weight excluding hydrogens is 236 g/mol. The highest BCUT2D eigenvalue weighted by molar-refractivity contribution is 5.85. The first-order chi connectivity index (χ1) is 9.23. The maximum atomic E-state index is 12.4. The summed E-state index contributed by atoms with van der Waals surface area (Å²) in [5, 5.41) is 3.21. The molecule has 0 aliphatic carbocycles. The molecule has 1 spiro atoms. The predicted molar refractivity (Wildman–Crippen MR) is 75.7 cm³/mol. The molecule has 3 heteroatoms. The molecule has 0 aromatic heterocycles. The van der Waals surface area contributed by atoms with Gasteiger partial charge in [-0.05, 0) is 44.5 Å². The standard InChI is InChI=1S/C16H22N2O/c1-2-18-10-8-16(9-11-18)12-14(17-15(16)19)13-6-4-3-5-7-13/h3-7,14H,2,8-12H2,1H3,(H,17,19). The van der Waals surface area contributed by atoms with Gasteiger partial charge in [-0.3, -0.25) is 4.79 Å². The quantitative estimate of drug-likeness (QED) is 0.883. The van der Waals surface area contributed by atoms with Gasteiger partial charge in [-0.15, -0.1) is 0 Å². The second-order valence-corrected chi connectivity index (χ2v) is 5.86. The Kier molecular flexibility index (Phi) is 3.31. The zero-order chi connectivity index (χ0) is 13.3. The Morgan fingerprint density at radius 2 is 1.95 bits per heavy atom. The third kappa shape index (κ3) is 2.27. The molecule has 1 atom stereocenters. The number of carbonyl (C=O) groups excluding carboxylic acids is 1. The summed E-state index contributed by atoms with van der Waals surface area (Å²) in [5.74, 6) is 0.275. The molecule has 1 aromatic carbocycles. The normalized spacial score (nSPS) is 26.6. The molecule has 1 aromatic rings. The topological polar surface area (TPSA) is 32.3 Å². The molecule has 2 aliphatic heterocycles. The largest absolute Gasteiger partial charge is 0.349 e. The van der Waals surface area contributed by atoms with Gasteiger partial charge in [0, 0.05) is 0 Å². The minimum atomic E-state index is -0.105. The number of rotatable bonds is 2. The fourth-order valence-electron chi connectivity index (χ4n) is 3.46. The van der Waals surface area contributed by atoms with E-state index in [1.165, 1.54) is 5.56 Å². The van der Waals surface area contributed by atoms with E-state index in [0.29, 0.717) is 0 Å². The summed E-state index contributed by atoms with van der Waals surface area (Å²) in [7, 11) is 0. The van der Waals surface area contributed by atoms with Crippen LogP contribution in [0, 0.1) is 5.41 Å². The first-order valence-corrected chi connectivity index (χ1v) is 7.32. The van der Waals surface area contributed by atoms with E-state index in [1.54, 1.807) is 0 Å². The van der Waals surface area contributed by atoms with Crippen LogP contribution in [0.15, 0.2) is 30.3 Å². The molecule has 0 saturated carbocycles. The van der Waals surface area contributed by atoms with Crippen LogP contribution in [0.2, 0.25) is 0 Å². The fraction of sp³-hybridized carbons (Fsp3) is 0.562. The van der Waals surface area contributed by atoms with Crippen LogP contribution in [0.25, 0.3) is 0 Å². The minimum absolute atomic E-state index is 0.105. The van der Waals surface area contributed by atoms with Crippen LogP contribution in [0.1, 0.15) is 37.8 Å². The number of hydrogen-bond donors (Lipinski definition) is 1. The number of benzene rings is 1. The van der Waals surface area contributed by atoms with Crippen molar-refractivity contribution in [1.29, 1.82) is 0 Å². The highest BCUT2D eigenvalue weighted by atomic mass is 16.2. The Bertz CT molecular complexity index is 449. The minimum Gasteiger partial charge on any atom is -0.349 e. The number of nitrogens with zero attached hydrogens (tertiary/aromatic N) is 1. The van der Waals surface area contributed by atoms with Crippen LogP contribution in [-0.4, -0.2) is 30.4 Å².